The molecule has 0 spiro atoms. The van der Waals surface area contributed by atoms with Crippen molar-refractivity contribution in [3.05, 3.63) is 64.2 Å². The molecular formula is C15H11ClF2O2. The molecule has 0 fully saturated rings. The molecule has 2 rings (SSSR count). The van der Waals surface area contributed by atoms with Crippen LogP contribution in [0, 0.1) is 11.6 Å². The number of carbonyl (C=O) groups is 1. The molecule has 5 heteroatoms. The molecule has 0 amide bonds. The van der Waals surface area contributed by atoms with Gasteiger partial charge in [0.05, 0.1) is 12.1 Å². The minimum Gasteiger partial charge on any atom is -0.494 e. The SMILES string of the molecule is COc1ccc(C(=O)Cc2cccc(F)c2Cl)cc1F. The van der Waals surface area contributed by atoms with Gasteiger partial charge in [-0.3, -0.25) is 4.79 Å². The minimum atomic E-state index is -0.622. The number of benzene rings is 2. The van der Waals surface area contributed by atoms with Crippen molar-refractivity contribution in [1.82, 2.24) is 0 Å². The van der Waals surface area contributed by atoms with Crippen LogP contribution in [0.3, 0.4) is 0 Å². The topological polar surface area (TPSA) is 26.3 Å². The predicted molar refractivity (Wildman–Crippen MR) is 72.4 cm³/mol. The van der Waals surface area contributed by atoms with E-state index in [2.05, 4.69) is 0 Å². The Morgan fingerprint density at radius 2 is 1.95 bits per heavy atom. The van der Waals surface area contributed by atoms with Gasteiger partial charge in [-0.1, -0.05) is 23.7 Å². The van der Waals surface area contributed by atoms with Crippen molar-refractivity contribution < 1.29 is 18.3 Å². The number of hydrogen-bond donors (Lipinski definition) is 0. The zero-order valence-corrected chi connectivity index (χ0v) is 11.4. The van der Waals surface area contributed by atoms with Crippen LogP contribution < -0.4 is 4.74 Å². The van der Waals surface area contributed by atoms with Gasteiger partial charge >= 0.3 is 0 Å². The average molecular weight is 297 g/mol. The Balaban J connectivity index is 2.24. The number of carbonyl (C=O) groups excluding carboxylic acids is 1. The predicted octanol–water partition coefficient (Wildman–Crippen LogP) is 4.05. The van der Waals surface area contributed by atoms with Crippen LogP contribution in [-0.4, -0.2) is 12.9 Å². The van der Waals surface area contributed by atoms with E-state index in [-0.39, 0.29) is 28.5 Å². The third kappa shape index (κ3) is 2.96. The summed E-state index contributed by atoms with van der Waals surface area (Å²) in [5.41, 5.74) is 0.552. The van der Waals surface area contributed by atoms with Crippen LogP contribution >= 0.6 is 11.6 Å². The van der Waals surface area contributed by atoms with Crippen molar-refractivity contribution in [3.8, 4) is 5.75 Å². The second-order valence-electron chi connectivity index (χ2n) is 4.16. The molecule has 0 bridgehead atoms. The molecule has 0 unspecified atom stereocenters. The van der Waals surface area contributed by atoms with Crippen LogP contribution in [0.1, 0.15) is 15.9 Å². The summed E-state index contributed by atoms with van der Waals surface area (Å²) in [6.07, 6.45) is -0.0949. The first-order valence-corrected chi connectivity index (χ1v) is 6.20. The van der Waals surface area contributed by atoms with Gasteiger partial charge < -0.3 is 4.74 Å². The Hall–Kier alpha value is -1.94. The molecule has 0 aliphatic heterocycles. The molecule has 0 aromatic heterocycles. The summed E-state index contributed by atoms with van der Waals surface area (Å²) < 4.78 is 31.6. The molecule has 20 heavy (non-hydrogen) atoms. The Morgan fingerprint density at radius 3 is 2.60 bits per heavy atom. The molecular weight excluding hydrogens is 286 g/mol. The fourth-order valence-electron chi connectivity index (χ4n) is 1.80. The summed E-state index contributed by atoms with van der Waals surface area (Å²) in [5, 5.41) is -0.0881. The lowest BCUT2D eigenvalue weighted by atomic mass is 10.0. The van der Waals surface area contributed by atoms with Gasteiger partial charge in [-0.2, -0.15) is 0 Å². The van der Waals surface area contributed by atoms with Gasteiger partial charge in [0.15, 0.2) is 17.3 Å². The first-order valence-electron chi connectivity index (χ1n) is 5.82. The minimum absolute atomic E-state index is 0.0605. The van der Waals surface area contributed by atoms with E-state index in [4.69, 9.17) is 16.3 Å². The maximum atomic E-state index is 13.5. The van der Waals surface area contributed by atoms with Gasteiger partial charge in [-0.05, 0) is 29.8 Å². The summed E-state index contributed by atoms with van der Waals surface area (Å²) in [5.74, 6) is -1.49. The lowest BCUT2D eigenvalue weighted by Gasteiger charge is -2.06. The van der Waals surface area contributed by atoms with E-state index in [0.29, 0.717) is 5.56 Å². The fourth-order valence-corrected chi connectivity index (χ4v) is 1.99. The van der Waals surface area contributed by atoms with Gasteiger partial charge in [-0.15, -0.1) is 0 Å². The maximum absolute atomic E-state index is 13.5. The Kier molecular flexibility index (Phi) is 4.35. The highest BCUT2D eigenvalue weighted by Crippen LogP contribution is 2.23. The Bertz CT molecular complexity index is 656. The monoisotopic (exact) mass is 296 g/mol. The van der Waals surface area contributed by atoms with Crippen LogP contribution in [0.15, 0.2) is 36.4 Å². The summed E-state index contributed by atoms with van der Waals surface area (Å²) in [4.78, 5) is 12.0. The van der Waals surface area contributed by atoms with Gasteiger partial charge in [-0.25, -0.2) is 8.78 Å². The maximum Gasteiger partial charge on any atom is 0.167 e. The van der Waals surface area contributed by atoms with Crippen LogP contribution in [0.25, 0.3) is 0 Å². The summed E-state index contributed by atoms with van der Waals surface area (Å²) >= 11 is 5.78. The molecule has 0 heterocycles. The Morgan fingerprint density at radius 1 is 1.20 bits per heavy atom. The molecule has 0 aliphatic carbocycles. The molecule has 2 nitrogen and oxygen atoms in total. The fraction of sp³-hybridized carbons (Fsp3) is 0.133. The standard InChI is InChI=1S/C15H11ClF2O2/c1-20-14-6-5-9(7-12(14)18)13(19)8-10-3-2-4-11(17)15(10)16/h2-7H,8H2,1H3. The van der Waals surface area contributed by atoms with E-state index >= 15 is 0 Å². The normalized spacial score (nSPS) is 10.4. The molecule has 0 saturated heterocycles. The van der Waals surface area contributed by atoms with E-state index in [9.17, 15) is 13.6 Å². The molecule has 0 radical (unpaired) electrons. The van der Waals surface area contributed by atoms with Crippen molar-refractivity contribution >= 4 is 17.4 Å². The number of Topliss-reactive ketones (excluding diaryl/α,β-unsaturated/α-hetero) is 1. The number of methoxy groups -OCH3 is 1. The molecule has 0 saturated carbocycles. The highest BCUT2D eigenvalue weighted by atomic mass is 35.5. The highest BCUT2D eigenvalue weighted by Gasteiger charge is 2.14. The van der Waals surface area contributed by atoms with Crippen molar-refractivity contribution in [2.45, 2.75) is 6.42 Å². The highest BCUT2D eigenvalue weighted by molar-refractivity contribution is 6.31. The van der Waals surface area contributed by atoms with E-state index in [1.54, 1.807) is 6.07 Å². The number of rotatable bonds is 4. The van der Waals surface area contributed by atoms with E-state index < -0.39 is 11.6 Å². The van der Waals surface area contributed by atoms with Gasteiger partial charge in [0, 0.05) is 12.0 Å². The summed E-state index contributed by atoms with van der Waals surface area (Å²) in [6, 6.07) is 8.16. The third-order valence-corrected chi connectivity index (χ3v) is 3.28. The summed E-state index contributed by atoms with van der Waals surface area (Å²) in [7, 11) is 1.34. The smallest absolute Gasteiger partial charge is 0.167 e. The largest absolute Gasteiger partial charge is 0.494 e. The lowest BCUT2D eigenvalue weighted by molar-refractivity contribution is 0.0992. The van der Waals surface area contributed by atoms with Crippen molar-refractivity contribution in [3.63, 3.8) is 0 Å². The molecule has 2 aromatic carbocycles. The molecule has 0 atom stereocenters. The van der Waals surface area contributed by atoms with Crippen molar-refractivity contribution in [1.29, 1.82) is 0 Å². The molecule has 2 aromatic rings. The van der Waals surface area contributed by atoms with Crippen LogP contribution in [0.2, 0.25) is 5.02 Å². The second-order valence-corrected chi connectivity index (χ2v) is 4.54. The average Bonchev–Trinajstić information content (AvgIpc) is 2.43. The number of halogens is 3. The number of hydrogen-bond acceptors (Lipinski definition) is 2. The Labute approximate surface area is 119 Å². The second kappa shape index (κ2) is 6.01. The number of ether oxygens (including phenoxy) is 1. The third-order valence-electron chi connectivity index (χ3n) is 2.86. The van der Waals surface area contributed by atoms with E-state index in [1.807, 2.05) is 0 Å². The summed E-state index contributed by atoms with van der Waals surface area (Å²) in [6.45, 7) is 0. The van der Waals surface area contributed by atoms with E-state index in [1.165, 1.54) is 31.4 Å². The zero-order valence-electron chi connectivity index (χ0n) is 10.6. The molecule has 0 N–H and O–H groups in total. The first kappa shape index (κ1) is 14.5. The van der Waals surface area contributed by atoms with Gasteiger partial charge in [0.25, 0.3) is 0 Å². The molecule has 104 valence electrons. The first-order chi connectivity index (χ1) is 9.52. The quantitative estimate of drug-likeness (QED) is 0.796. The van der Waals surface area contributed by atoms with Crippen molar-refractivity contribution in [2.75, 3.05) is 7.11 Å². The zero-order chi connectivity index (χ0) is 14.7. The van der Waals surface area contributed by atoms with Crippen molar-refractivity contribution in [2.24, 2.45) is 0 Å². The van der Waals surface area contributed by atoms with Gasteiger partial charge in [0.1, 0.15) is 5.82 Å². The van der Waals surface area contributed by atoms with E-state index in [0.717, 1.165) is 6.07 Å². The molecule has 0 aliphatic rings. The van der Waals surface area contributed by atoms with Gasteiger partial charge in [0.2, 0.25) is 0 Å². The lowest BCUT2D eigenvalue weighted by Crippen LogP contribution is -2.05. The van der Waals surface area contributed by atoms with Crippen LogP contribution in [-0.2, 0) is 6.42 Å². The van der Waals surface area contributed by atoms with Crippen LogP contribution in [0.5, 0.6) is 5.75 Å². The number of ketones is 1. The van der Waals surface area contributed by atoms with Crippen LogP contribution in [0.4, 0.5) is 8.78 Å².